The Balaban J connectivity index is 1.29. The Morgan fingerprint density at radius 1 is 0.941 bits per heavy atom. The highest BCUT2D eigenvalue weighted by molar-refractivity contribution is 7.19. The van der Waals surface area contributed by atoms with E-state index in [9.17, 15) is 14.4 Å². The maximum atomic E-state index is 12.7. The van der Waals surface area contributed by atoms with E-state index in [1.165, 1.54) is 11.3 Å². The highest BCUT2D eigenvalue weighted by atomic mass is 32.1. The van der Waals surface area contributed by atoms with E-state index in [2.05, 4.69) is 20.9 Å². The molecule has 0 aliphatic carbocycles. The smallest absolute Gasteiger partial charge is 0.263 e. The van der Waals surface area contributed by atoms with Gasteiger partial charge in [0, 0.05) is 48.2 Å². The van der Waals surface area contributed by atoms with E-state index in [1.54, 1.807) is 31.2 Å². The summed E-state index contributed by atoms with van der Waals surface area (Å²) in [5, 5.41) is 8.37. The second-order valence-corrected chi connectivity index (χ2v) is 8.63. The van der Waals surface area contributed by atoms with Crippen LogP contribution in [0.5, 0.6) is 0 Å². The first kappa shape index (κ1) is 23.2. The van der Waals surface area contributed by atoms with Crippen LogP contribution >= 0.6 is 11.3 Å². The van der Waals surface area contributed by atoms with Gasteiger partial charge in [-0.15, -0.1) is 0 Å². The van der Waals surface area contributed by atoms with Crippen molar-refractivity contribution >= 4 is 39.7 Å². The fraction of sp³-hybridized carbons (Fsp3) is 0.200. The van der Waals surface area contributed by atoms with Crippen LogP contribution in [0.1, 0.15) is 39.1 Å². The molecule has 2 aromatic carbocycles. The molecular weight excluding hydrogens is 450 g/mol. The molecule has 0 aliphatic rings. The summed E-state index contributed by atoms with van der Waals surface area (Å²) < 4.78 is 1.93. The van der Waals surface area contributed by atoms with E-state index in [0.29, 0.717) is 35.6 Å². The van der Waals surface area contributed by atoms with Crippen molar-refractivity contribution in [3.8, 4) is 11.3 Å². The van der Waals surface area contributed by atoms with Crippen molar-refractivity contribution in [2.75, 3.05) is 18.4 Å². The van der Waals surface area contributed by atoms with Gasteiger partial charge in [0.15, 0.2) is 4.96 Å². The summed E-state index contributed by atoms with van der Waals surface area (Å²) in [6.45, 7) is 4.25. The monoisotopic (exact) mass is 475 g/mol. The first-order valence-electron chi connectivity index (χ1n) is 11.0. The Kier molecular flexibility index (Phi) is 7.03. The molecule has 4 aromatic rings. The van der Waals surface area contributed by atoms with Crippen LogP contribution < -0.4 is 16.0 Å². The first-order chi connectivity index (χ1) is 16.5. The largest absolute Gasteiger partial charge is 0.350 e. The van der Waals surface area contributed by atoms with Gasteiger partial charge >= 0.3 is 0 Å². The number of nitrogens with zero attached hydrogens (tertiary/aromatic N) is 2. The van der Waals surface area contributed by atoms with Gasteiger partial charge in [0.1, 0.15) is 4.88 Å². The minimum atomic E-state index is -0.248. The normalized spacial score (nSPS) is 10.8. The number of aromatic nitrogens is 2. The first-order valence-corrected chi connectivity index (χ1v) is 11.8. The summed E-state index contributed by atoms with van der Waals surface area (Å²) >= 11 is 1.34. The third kappa shape index (κ3) is 5.15. The van der Waals surface area contributed by atoms with Gasteiger partial charge in [-0.3, -0.25) is 18.8 Å². The average molecular weight is 476 g/mol. The Morgan fingerprint density at radius 2 is 1.62 bits per heavy atom. The zero-order valence-electron chi connectivity index (χ0n) is 18.9. The lowest BCUT2D eigenvalue weighted by atomic mass is 10.2. The summed E-state index contributed by atoms with van der Waals surface area (Å²) in [5.74, 6) is -0.528. The van der Waals surface area contributed by atoms with E-state index in [-0.39, 0.29) is 17.7 Å². The van der Waals surface area contributed by atoms with Gasteiger partial charge in [-0.1, -0.05) is 48.6 Å². The number of aryl methyl sites for hydroxylation is 1. The zero-order valence-corrected chi connectivity index (χ0v) is 19.7. The summed E-state index contributed by atoms with van der Waals surface area (Å²) in [5.41, 5.74) is 3.84. The molecule has 9 heteroatoms. The summed E-state index contributed by atoms with van der Waals surface area (Å²) in [4.78, 5) is 42.4. The van der Waals surface area contributed by atoms with E-state index in [0.717, 1.165) is 21.9 Å². The fourth-order valence-electron chi connectivity index (χ4n) is 3.40. The molecule has 0 atom stereocenters. The second-order valence-electron chi connectivity index (χ2n) is 7.65. The molecule has 4 rings (SSSR count). The zero-order chi connectivity index (χ0) is 24.1. The van der Waals surface area contributed by atoms with Crippen LogP contribution in [0.15, 0.2) is 60.8 Å². The molecule has 2 heterocycles. The Bertz CT molecular complexity index is 1330. The molecule has 0 unspecified atom stereocenters. The Hall–Kier alpha value is -3.98. The number of fused-ring (bicyclic) bond motifs is 1. The quantitative estimate of drug-likeness (QED) is 0.336. The van der Waals surface area contributed by atoms with Crippen molar-refractivity contribution in [2.45, 2.75) is 20.3 Å². The predicted molar refractivity (Wildman–Crippen MR) is 133 cm³/mol. The number of benzene rings is 2. The molecule has 3 amide bonds. The average Bonchev–Trinajstić information content (AvgIpc) is 3.42. The van der Waals surface area contributed by atoms with Crippen LogP contribution in [0.2, 0.25) is 0 Å². The van der Waals surface area contributed by atoms with Gasteiger partial charge < -0.3 is 16.0 Å². The fourth-order valence-corrected chi connectivity index (χ4v) is 4.42. The predicted octanol–water partition coefficient (Wildman–Crippen LogP) is 3.88. The van der Waals surface area contributed by atoms with Gasteiger partial charge in [0.25, 0.3) is 11.8 Å². The number of hydrogen-bond donors (Lipinski definition) is 3. The number of anilines is 1. The maximum Gasteiger partial charge on any atom is 0.263 e. The van der Waals surface area contributed by atoms with Gasteiger partial charge in [0.05, 0.1) is 5.69 Å². The van der Waals surface area contributed by atoms with Crippen molar-refractivity contribution in [1.82, 2.24) is 20.0 Å². The van der Waals surface area contributed by atoms with Crippen LogP contribution in [0.3, 0.4) is 0 Å². The molecule has 0 radical (unpaired) electrons. The number of amides is 3. The minimum absolute atomic E-state index is 0.0844. The second kappa shape index (κ2) is 10.3. The summed E-state index contributed by atoms with van der Waals surface area (Å²) in [6.07, 6.45) is 2.33. The third-order valence-electron chi connectivity index (χ3n) is 5.28. The number of hydrogen-bond acceptors (Lipinski definition) is 5. The number of rotatable bonds is 8. The molecule has 0 bridgehead atoms. The molecule has 2 aromatic heterocycles. The third-order valence-corrected chi connectivity index (χ3v) is 6.44. The number of carbonyl (C=O) groups excluding carboxylic acids is 3. The van der Waals surface area contributed by atoms with Crippen molar-refractivity contribution in [3.05, 3.63) is 76.9 Å². The van der Waals surface area contributed by atoms with Gasteiger partial charge in [0.2, 0.25) is 5.91 Å². The molecule has 34 heavy (non-hydrogen) atoms. The molecule has 0 spiro atoms. The highest BCUT2D eigenvalue weighted by Crippen LogP contribution is 2.27. The molecule has 3 N–H and O–H groups in total. The topological polar surface area (TPSA) is 105 Å². The SMILES string of the molecule is CCC(=O)Nc1ccc(C(=O)NCCNC(=O)c2sc3nc(-c4ccccc4)cn3c2C)cc1. The van der Waals surface area contributed by atoms with Crippen LogP contribution in [0.4, 0.5) is 5.69 Å². The van der Waals surface area contributed by atoms with Crippen molar-refractivity contribution in [1.29, 1.82) is 0 Å². The molecule has 0 saturated heterocycles. The van der Waals surface area contributed by atoms with E-state index in [1.807, 2.05) is 47.9 Å². The maximum absolute atomic E-state index is 12.7. The van der Waals surface area contributed by atoms with Gasteiger partial charge in [-0.05, 0) is 31.2 Å². The van der Waals surface area contributed by atoms with E-state index in [4.69, 9.17) is 0 Å². The molecular formula is C25H25N5O3S. The van der Waals surface area contributed by atoms with Gasteiger partial charge in [-0.25, -0.2) is 4.98 Å². The van der Waals surface area contributed by atoms with Crippen LogP contribution in [0.25, 0.3) is 16.2 Å². The molecule has 8 nitrogen and oxygen atoms in total. The van der Waals surface area contributed by atoms with Crippen LogP contribution in [-0.2, 0) is 4.79 Å². The molecule has 0 fully saturated rings. The van der Waals surface area contributed by atoms with Crippen LogP contribution in [-0.4, -0.2) is 40.2 Å². The Morgan fingerprint density at radius 3 is 2.26 bits per heavy atom. The van der Waals surface area contributed by atoms with Crippen molar-refractivity contribution < 1.29 is 14.4 Å². The standard InChI is InChI=1S/C25H25N5O3S/c1-3-21(31)28-19-11-9-18(10-12-19)23(32)26-13-14-27-24(33)22-16(2)30-15-20(29-25(30)34-22)17-7-5-4-6-8-17/h4-12,15H,3,13-14H2,1-2H3,(H,26,32)(H,27,33)(H,28,31). The Labute approximate surface area is 201 Å². The van der Waals surface area contributed by atoms with E-state index < -0.39 is 0 Å². The minimum Gasteiger partial charge on any atom is -0.350 e. The lowest BCUT2D eigenvalue weighted by Crippen LogP contribution is -2.34. The molecule has 0 aliphatic heterocycles. The number of carbonyl (C=O) groups is 3. The lowest BCUT2D eigenvalue weighted by molar-refractivity contribution is -0.115. The summed E-state index contributed by atoms with van der Waals surface area (Å²) in [7, 11) is 0. The number of thiazole rings is 1. The van der Waals surface area contributed by atoms with Crippen molar-refractivity contribution in [2.24, 2.45) is 0 Å². The van der Waals surface area contributed by atoms with E-state index >= 15 is 0 Å². The summed E-state index contributed by atoms with van der Waals surface area (Å²) in [6, 6.07) is 16.6. The molecule has 174 valence electrons. The van der Waals surface area contributed by atoms with Crippen LogP contribution in [0, 0.1) is 6.92 Å². The number of nitrogens with one attached hydrogen (secondary N) is 3. The highest BCUT2D eigenvalue weighted by Gasteiger charge is 2.18. The van der Waals surface area contributed by atoms with Crippen molar-refractivity contribution in [3.63, 3.8) is 0 Å². The van der Waals surface area contributed by atoms with Gasteiger partial charge in [-0.2, -0.15) is 0 Å². The molecule has 0 saturated carbocycles. The lowest BCUT2D eigenvalue weighted by Gasteiger charge is -2.08. The number of imidazole rings is 1.